The summed E-state index contributed by atoms with van der Waals surface area (Å²) in [4.78, 5) is 15.0. The molecule has 25 heavy (non-hydrogen) atoms. The monoisotopic (exact) mass is 334 g/mol. The number of amides is 1. The van der Waals surface area contributed by atoms with Gasteiger partial charge >= 0.3 is 0 Å². The first-order chi connectivity index (χ1) is 12.1. The maximum Gasteiger partial charge on any atom is 0.260 e. The van der Waals surface area contributed by atoms with Crippen molar-refractivity contribution in [2.75, 3.05) is 11.4 Å². The van der Waals surface area contributed by atoms with Gasteiger partial charge in [0.2, 0.25) is 0 Å². The molecule has 0 saturated carbocycles. The highest BCUT2D eigenvalue weighted by Crippen LogP contribution is 2.30. The van der Waals surface area contributed by atoms with Crippen LogP contribution in [-0.4, -0.2) is 17.0 Å². The number of nitrogens with zero attached hydrogens (tertiary/aromatic N) is 2. The highest BCUT2D eigenvalue weighted by atomic mass is 19.1. The van der Waals surface area contributed by atoms with Gasteiger partial charge < -0.3 is 9.47 Å². The van der Waals surface area contributed by atoms with E-state index in [4.69, 9.17) is 0 Å². The fourth-order valence-electron chi connectivity index (χ4n) is 3.66. The molecule has 0 saturated heterocycles. The second kappa shape index (κ2) is 5.88. The third kappa shape index (κ3) is 2.54. The summed E-state index contributed by atoms with van der Waals surface area (Å²) in [5.41, 5.74) is 5.59. The Morgan fingerprint density at radius 1 is 1.04 bits per heavy atom. The van der Waals surface area contributed by atoms with Crippen LogP contribution in [0.2, 0.25) is 0 Å². The molecule has 1 aromatic heterocycles. The van der Waals surface area contributed by atoms with Crippen LogP contribution in [0.5, 0.6) is 0 Å². The Kier molecular flexibility index (Phi) is 3.68. The van der Waals surface area contributed by atoms with E-state index in [0.717, 1.165) is 29.2 Å². The van der Waals surface area contributed by atoms with Gasteiger partial charge in [-0.3, -0.25) is 4.79 Å². The van der Waals surface area contributed by atoms with Gasteiger partial charge in [-0.1, -0.05) is 18.2 Å². The Bertz CT molecular complexity index is 957. The van der Waals surface area contributed by atoms with Gasteiger partial charge in [0.25, 0.3) is 5.91 Å². The highest BCUT2D eigenvalue weighted by molar-refractivity contribution is 6.08. The molecule has 2 aromatic carbocycles. The molecule has 4 heteroatoms. The van der Waals surface area contributed by atoms with E-state index in [1.807, 2.05) is 47.6 Å². The maximum absolute atomic E-state index is 13.2. The molecule has 0 radical (unpaired) electrons. The van der Waals surface area contributed by atoms with Gasteiger partial charge in [0, 0.05) is 29.3 Å². The van der Waals surface area contributed by atoms with Crippen LogP contribution in [0.3, 0.4) is 0 Å². The van der Waals surface area contributed by atoms with Gasteiger partial charge in [-0.15, -0.1) is 0 Å². The first-order valence-electron chi connectivity index (χ1n) is 8.41. The zero-order chi connectivity index (χ0) is 17.6. The molecule has 1 aliphatic rings. The third-order valence-corrected chi connectivity index (χ3v) is 4.88. The Morgan fingerprint density at radius 2 is 1.76 bits per heavy atom. The standard InChI is InChI=1S/C21H19FN2O/c1-14-13-19(15(2)24(14)18-9-7-17(22)8-10-18)21(25)23-12-11-16-5-3-4-6-20(16)23/h3-10,13H,11-12H2,1-2H3. The van der Waals surface area contributed by atoms with E-state index < -0.39 is 0 Å². The fourth-order valence-corrected chi connectivity index (χ4v) is 3.66. The smallest absolute Gasteiger partial charge is 0.260 e. The SMILES string of the molecule is Cc1cc(C(=O)N2CCc3ccccc32)c(C)n1-c1ccc(F)cc1. The fraction of sp³-hybridized carbons (Fsp3) is 0.190. The summed E-state index contributed by atoms with van der Waals surface area (Å²) < 4.78 is 15.2. The lowest BCUT2D eigenvalue weighted by Gasteiger charge is -2.17. The largest absolute Gasteiger partial charge is 0.318 e. The van der Waals surface area contributed by atoms with Crippen LogP contribution >= 0.6 is 0 Å². The van der Waals surface area contributed by atoms with Crippen molar-refractivity contribution in [2.24, 2.45) is 0 Å². The second-order valence-electron chi connectivity index (χ2n) is 6.43. The Hall–Kier alpha value is -2.88. The first kappa shape index (κ1) is 15.6. The number of hydrogen-bond acceptors (Lipinski definition) is 1. The lowest BCUT2D eigenvalue weighted by atomic mass is 10.1. The van der Waals surface area contributed by atoms with Crippen molar-refractivity contribution < 1.29 is 9.18 Å². The van der Waals surface area contributed by atoms with Gasteiger partial charge in [-0.25, -0.2) is 4.39 Å². The van der Waals surface area contributed by atoms with Crippen molar-refractivity contribution >= 4 is 11.6 Å². The topological polar surface area (TPSA) is 25.2 Å². The molecule has 3 nitrogen and oxygen atoms in total. The van der Waals surface area contributed by atoms with Crippen LogP contribution in [0, 0.1) is 19.7 Å². The van der Waals surface area contributed by atoms with Crippen LogP contribution in [-0.2, 0) is 6.42 Å². The van der Waals surface area contributed by atoms with E-state index in [-0.39, 0.29) is 11.7 Å². The average Bonchev–Trinajstić information content (AvgIpc) is 3.17. The quantitative estimate of drug-likeness (QED) is 0.680. The lowest BCUT2D eigenvalue weighted by molar-refractivity contribution is 0.0989. The molecule has 126 valence electrons. The summed E-state index contributed by atoms with van der Waals surface area (Å²) in [6.07, 6.45) is 0.888. The molecule has 0 bridgehead atoms. The van der Waals surface area contributed by atoms with Gasteiger partial charge in [-0.05, 0) is 62.2 Å². The molecule has 1 aliphatic heterocycles. The van der Waals surface area contributed by atoms with Gasteiger partial charge in [0.15, 0.2) is 0 Å². The van der Waals surface area contributed by atoms with Crippen LogP contribution in [0.15, 0.2) is 54.6 Å². The summed E-state index contributed by atoms with van der Waals surface area (Å²) in [7, 11) is 0. The van der Waals surface area contributed by atoms with E-state index >= 15 is 0 Å². The van der Waals surface area contributed by atoms with Crippen molar-refractivity contribution in [2.45, 2.75) is 20.3 Å². The number of aromatic nitrogens is 1. The molecule has 4 rings (SSSR count). The second-order valence-corrected chi connectivity index (χ2v) is 6.43. The van der Waals surface area contributed by atoms with E-state index in [0.29, 0.717) is 12.1 Å². The minimum absolute atomic E-state index is 0.0198. The summed E-state index contributed by atoms with van der Waals surface area (Å²) in [5.74, 6) is -0.248. The predicted octanol–water partition coefficient (Wildman–Crippen LogP) is 4.44. The highest BCUT2D eigenvalue weighted by Gasteiger charge is 2.27. The van der Waals surface area contributed by atoms with Gasteiger partial charge in [-0.2, -0.15) is 0 Å². The molecule has 0 aliphatic carbocycles. The first-order valence-corrected chi connectivity index (χ1v) is 8.41. The number of carbonyl (C=O) groups excluding carboxylic acids is 1. The minimum atomic E-state index is -0.267. The Balaban J connectivity index is 1.74. The Morgan fingerprint density at radius 3 is 2.52 bits per heavy atom. The molecule has 0 spiro atoms. The van der Waals surface area contributed by atoms with E-state index in [1.165, 1.54) is 17.7 Å². The molecule has 3 aromatic rings. The summed E-state index contributed by atoms with van der Waals surface area (Å²) in [5, 5.41) is 0. The lowest BCUT2D eigenvalue weighted by Crippen LogP contribution is -2.29. The number of para-hydroxylation sites is 1. The number of hydrogen-bond donors (Lipinski definition) is 0. The van der Waals surface area contributed by atoms with Gasteiger partial charge in [0.05, 0.1) is 5.56 Å². The molecule has 2 heterocycles. The molecule has 0 N–H and O–H groups in total. The van der Waals surface area contributed by atoms with Crippen molar-refractivity contribution in [1.82, 2.24) is 4.57 Å². The molecular weight excluding hydrogens is 315 g/mol. The van der Waals surface area contributed by atoms with E-state index in [1.54, 1.807) is 12.1 Å². The van der Waals surface area contributed by atoms with Crippen molar-refractivity contribution in [1.29, 1.82) is 0 Å². The predicted molar refractivity (Wildman–Crippen MR) is 97.0 cm³/mol. The average molecular weight is 334 g/mol. The summed E-state index contributed by atoms with van der Waals surface area (Å²) >= 11 is 0. The third-order valence-electron chi connectivity index (χ3n) is 4.88. The van der Waals surface area contributed by atoms with E-state index in [9.17, 15) is 9.18 Å². The van der Waals surface area contributed by atoms with Crippen LogP contribution in [0.1, 0.15) is 27.3 Å². The molecule has 0 fully saturated rings. The molecule has 0 unspecified atom stereocenters. The number of halogens is 1. The molecular formula is C21H19FN2O. The van der Waals surface area contributed by atoms with Crippen molar-refractivity contribution in [3.63, 3.8) is 0 Å². The van der Waals surface area contributed by atoms with Crippen molar-refractivity contribution in [3.05, 3.63) is 82.9 Å². The number of anilines is 1. The van der Waals surface area contributed by atoms with Crippen LogP contribution in [0.4, 0.5) is 10.1 Å². The number of fused-ring (bicyclic) bond motifs is 1. The van der Waals surface area contributed by atoms with Crippen LogP contribution in [0.25, 0.3) is 5.69 Å². The maximum atomic E-state index is 13.2. The Labute approximate surface area is 146 Å². The zero-order valence-corrected chi connectivity index (χ0v) is 14.3. The van der Waals surface area contributed by atoms with Crippen molar-refractivity contribution in [3.8, 4) is 5.69 Å². The van der Waals surface area contributed by atoms with Gasteiger partial charge in [0.1, 0.15) is 5.82 Å². The number of rotatable bonds is 2. The normalized spacial score (nSPS) is 13.2. The number of carbonyl (C=O) groups is 1. The zero-order valence-electron chi connectivity index (χ0n) is 14.3. The van der Waals surface area contributed by atoms with Crippen LogP contribution < -0.4 is 4.90 Å². The van der Waals surface area contributed by atoms with E-state index in [2.05, 4.69) is 6.07 Å². The molecule has 1 amide bonds. The molecule has 0 atom stereocenters. The number of benzene rings is 2. The summed E-state index contributed by atoms with van der Waals surface area (Å²) in [6.45, 7) is 4.61. The summed E-state index contributed by atoms with van der Waals surface area (Å²) in [6, 6.07) is 16.3. The number of aryl methyl sites for hydroxylation is 1. The minimum Gasteiger partial charge on any atom is -0.318 e.